The van der Waals surface area contributed by atoms with Gasteiger partial charge >= 0.3 is 6.18 Å². The minimum Gasteiger partial charge on any atom is -0.392 e. The fourth-order valence-electron chi connectivity index (χ4n) is 3.26. The van der Waals surface area contributed by atoms with Crippen LogP contribution >= 0.6 is 0 Å². The number of hydrogen-bond donors (Lipinski definition) is 4. The molecule has 2 aromatic rings. The van der Waals surface area contributed by atoms with Crippen LogP contribution in [-0.2, 0) is 6.18 Å². The summed E-state index contributed by atoms with van der Waals surface area (Å²) in [4.78, 5) is 16.6. The molecule has 0 spiro atoms. The Morgan fingerprint density at radius 3 is 2.89 bits per heavy atom. The van der Waals surface area contributed by atoms with E-state index in [9.17, 15) is 28.2 Å². The number of anilines is 1. The van der Waals surface area contributed by atoms with Gasteiger partial charge in [-0.1, -0.05) is 0 Å². The van der Waals surface area contributed by atoms with Crippen LogP contribution in [0.25, 0.3) is 5.65 Å². The molecule has 0 amide bonds. The number of rotatable bonds is 4. The van der Waals surface area contributed by atoms with Gasteiger partial charge in [0.05, 0.1) is 17.9 Å². The van der Waals surface area contributed by atoms with Gasteiger partial charge in [-0.25, -0.2) is 4.98 Å². The summed E-state index contributed by atoms with van der Waals surface area (Å²) in [6.45, 7) is 2.16. The van der Waals surface area contributed by atoms with Crippen LogP contribution in [0, 0.1) is 6.92 Å². The minimum atomic E-state index is -4.59. The third-order valence-electron chi connectivity index (χ3n) is 4.66. The van der Waals surface area contributed by atoms with E-state index in [2.05, 4.69) is 15.6 Å². The number of hydrogen-bond acceptors (Lipinski definition) is 6. The lowest BCUT2D eigenvalue weighted by atomic mass is 9.98. The summed E-state index contributed by atoms with van der Waals surface area (Å²) in [6, 6.07) is 0.594. The second-order valence-corrected chi connectivity index (χ2v) is 6.75. The summed E-state index contributed by atoms with van der Waals surface area (Å²) in [7, 11) is 0. The van der Waals surface area contributed by atoms with Crippen molar-refractivity contribution in [2.24, 2.45) is 0 Å². The topological polar surface area (TPSA) is 98.9 Å². The monoisotopic (exact) mass is 386 g/mol. The van der Waals surface area contributed by atoms with Crippen molar-refractivity contribution in [3.8, 4) is 0 Å². The molecule has 1 aliphatic rings. The van der Waals surface area contributed by atoms with E-state index in [4.69, 9.17) is 0 Å². The zero-order valence-electron chi connectivity index (χ0n) is 14.6. The van der Waals surface area contributed by atoms with Gasteiger partial charge in [-0.15, -0.1) is 0 Å². The first kappa shape index (κ1) is 19.6. The van der Waals surface area contributed by atoms with Crippen molar-refractivity contribution < 1.29 is 23.4 Å². The first-order valence-electron chi connectivity index (χ1n) is 8.62. The number of alkyl halides is 3. The Kier molecular flexibility index (Phi) is 5.41. The predicted molar refractivity (Wildman–Crippen MR) is 92.5 cm³/mol. The lowest BCUT2D eigenvalue weighted by Crippen LogP contribution is -2.47. The molecule has 0 saturated carbocycles. The van der Waals surface area contributed by atoms with Crippen LogP contribution in [0.1, 0.15) is 30.4 Å². The summed E-state index contributed by atoms with van der Waals surface area (Å²) >= 11 is 0. The second-order valence-electron chi connectivity index (χ2n) is 6.75. The van der Waals surface area contributed by atoms with Gasteiger partial charge < -0.3 is 20.8 Å². The van der Waals surface area contributed by atoms with E-state index >= 15 is 0 Å². The first-order chi connectivity index (χ1) is 12.7. The summed E-state index contributed by atoms with van der Waals surface area (Å²) < 4.78 is 39.9. The SMILES string of the molecule is Cc1cc(C(F)(F)F)cn2c(=O)c(N[C@@H](O)C[C@H]3NCCC[C@@H]3O)cnc12. The maximum Gasteiger partial charge on any atom is 0.417 e. The number of pyridine rings is 1. The second kappa shape index (κ2) is 7.45. The Bertz CT molecular complexity index is 884. The predicted octanol–water partition coefficient (Wildman–Crippen LogP) is 1.26. The van der Waals surface area contributed by atoms with Gasteiger partial charge in [0.1, 0.15) is 17.6 Å². The van der Waals surface area contributed by atoms with Crippen LogP contribution in [0.3, 0.4) is 0 Å². The maximum absolute atomic E-state index is 13.0. The summed E-state index contributed by atoms with van der Waals surface area (Å²) in [5.41, 5.74) is -1.50. The van der Waals surface area contributed by atoms with Crippen molar-refractivity contribution in [1.29, 1.82) is 0 Å². The van der Waals surface area contributed by atoms with Gasteiger partial charge in [0.15, 0.2) is 0 Å². The van der Waals surface area contributed by atoms with E-state index in [0.29, 0.717) is 19.2 Å². The molecule has 0 radical (unpaired) electrons. The molecular formula is C17H21F3N4O3. The fourth-order valence-corrected chi connectivity index (χ4v) is 3.26. The average molecular weight is 386 g/mol. The fraction of sp³-hybridized carbons (Fsp3) is 0.529. The van der Waals surface area contributed by atoms with Crippen LogP contribution in [-0.4, -0.2) is 44.5 Å². The molecule has 0 unspecified atom stereocenters. The highest BCUT2D eigenvalue weighted by atomic mass is 19.4. The molecule has 0 aliphatic carbocycles. The van der Waals surface area contributed by atoms with Gasteiger partial charge in [-0.2, -0.15) is 13.2 Å². The number of aliphatic hydroxyl groups is 2. The standard InChI is InChI=1S/C17H21F3N4O3/c1-9-5-10(17(18,19)20)8-24-15(9)22-7-12(16(24)27)23-14(26)6-11-13(25)3-2-4-21-11/h5,7-8,11,13-14,21,23,25-26H,2-4,6H2,1H3/t11-,13+,14+/m1/s1. The first-order valence-corrected chi connectivity index (χ1v) is 8.62. The Balaban J connectivity index is 1.86. The molecule has 1 saturated heterocycles. The number of fused-ring (bicyclic) bond motifs is 1. The quantitative estimate of drug-likeness (QED) is 0.591. The highest BCUT2D eigenvalue weighted by Crippen LogP contribution is 2.30. The molecule has 0 aromatic carbocycles. The van der Waals surface area contributed by atoms with Crippen molar-refractivity contribution in [2.45, 2.75) is 50.7 Å². The summed E-state index contributed by atoms with van der Waals surface area (Å²) in [6.07, 6.45) is -2.91. The third kappa shape index (κ3) is 4.23. The molecule has 1 aliphatic heterocycles. The molecule has 3 heterocycles. The van der Waals surface area contributed by atoms with Crippen molar-refractivity contribution >= 4 is 11.3 Å². The highest BCUT2D eigenvalue weighted by molar-refractivity contribution is 5.53. The number of aryl methyl sites for hydroxylation is 1. The van der Waals surface area contributed by atoms with Crippen molar-refractivity contribution in [3.05, 3.63) is 39.9 Å². The molecule has 3 atom stereocenters. The summed E-state index contributed by atoms with van der Waals surface area (Å²) in [5, 5.41) is 25.8. The minimum absolute atomic E-state index is 0.109. The van der Waals surface area contributed by atoms with E-state index < -0.39 is 29.6 Å². The number of aromatic nitrogens is 2. The van der Waals surface area contributed by atoms with E-state index in [0.717, 1.165) is 16.9 Å². The number of piperidine rings is 1. The Hall–Kier alpha value is -2.17. The van der Waals surface area contributed by atoms with E-state index in [1.165, 1.54) is 13.1 Å². The lowest BCUT2D eigenvalue weighted by Gasteiger charge is -2.30. The van der Waals surface area contributed by atoms with Crippen molar-refractivity contribution in [3.63, 3.8) is 0 Å². The number of nitrogens with one attached hydrogen (secondary N) is 2. The Morgan fingerprint density at radius 2 is 2.22 bits per heavy atom. The van der Waals surface area contributed by atoms with Gasteiger partial charge in [0, 0.05) is 18.7 Å². The van der Waals surface area contributed by atoms with Crippen LogP contribution in [0.5, 0.6) is 0 Å². The van der Waals surface area contributed by atoms with Crippen LogP contribution in [0.2, 0.25) is 0 Å². The summed E-state index contributed by atoms with van der Waals surface area (Å²) in [5.74, 6) is 0. The zero-order chi connectivity index (χ0) is 19.8. The van der Waals surface area contributed by atoms with Crippen molar-refractivity contribution in [2.75, 3.05) is 11.9 Å². The molecule has 0 bridgehead atoms. The van der Waals surface area contributed by atoms with Crippen LogP contribution in [0.15, 0.2) is 23.3 Å². The molecule has 3 rings (SSSR count). The van der Waals surface area contributed by atoms with E-state index in [1.807, 2.05) is 0 Å². The molecule has 7 nitrogen and oxygen atoms in total. The largest absolute Gasteiger partial charge is 0.417 e. The molecule has 10 heteroatoms. The third-order valence-corrected chi connectivity index (χ3v) is 4.66. The van der Waals surface area contributed by atoms with Crippen LogP contribution < -0.4 is 16.2 Å². The van der Waals surface area contributed by atoms with Gasteiger partial charge in [0.2, 0.25) is 0 Å². The molecule has 1 fully saturated rings. The average Bonchev–Trinajstić information content (AvgIpc) is 2.59. The lowest BCUT2D eigenvalue weighted by molar-refractivity contribution is -0.137. The van der Waals surface area contributed by atoms with Gasteiger partial charge in [-0.3, -0.25) is 9.20 Å². The van der Waals surface area contributed by atoms with Crippen LogP contribution in [0.4, 0.5) is 18.9 Å². The zero-order valence-corrected chi connectivity index (χ0v) is 14.6. The Labute approximate surface area is 152 Å². The number of halogens is 3. The highest BCUT2D eigenvalue weighted by Gasteiger charge is 2.32. The van der Waals surface area contributed by atoms with E-state index in [1.54, 1.807) is 0 Å². The smallest absolute Gasteiger partial charge is 0.392 e. The molecular weight excluding hydrogens is 365 g/mol. The van der Waals surface area contributed by atoms with E-state index in [-0.39, 0.29) is 29.4 Å². The molecule has 148 valence electrons. The Morgan fingerprint density at radius 1 is 1.48 bits per heavy atom. The molecule has 4 N–H and O–H groups in total. The van der Waals surface area contributed by atoms with Crippen molar-refractivity contribution in [1.82, 2.24) is 14.7 Å². The number of aliphatic hydroxyl groups excluding tert-OH is 2. The van der Waals surface area contributed by atoms with Gasteiger partial charge in [-0.05, 0) is 37.9 Å². The molecule has 2 aromatic heterocycles. The number of nitrogens with zero attached hydrogens (tertiary/aromatic N) is 2. The normalized spacial score (nSPS) is 22.0. The molecule has 27 heavy (non-hydrogen) atoms. The maximum atomic E-state index is 13.0. The van der Waals surface area contributed by atoms with Gasteiger partial charge in [0.25, 0.3) is 5.56 Å².